The maximum atomic E-state index is 13.0. The number of esters is 1. The van der Waals surface area contributed by atoms with E-state index in [-0.39, 0.29) is 42.7 Å². The molecule has 0 unspecified atom stereocenters. The molecule has 1 aliphatic rings. The van der Waals surface area contributed by atoms with E-state index in [1.54, 1.807) is 43.0 Å². The highest BCUT2D eigenvalue weighted by Crippen LogP contribution is 2.30. The van der Waals surface area contributed by atoms with Gasteiger partial charge in [0.2, 0.25) is 5.91 Å². The fourth-order valence-electron chi connectivity index (χ4n) is 3.66. The molecule has 2 heterocycles. The average Bonchev–Trinajstić information content (AvgIpc) is 2.86. The number of ether oxygens (including phenoxy) is 3. The number of fused-ring (bicyclic) bond motifs is 1. The molecule has 0 atom stereocenters. The summed E-state index contributed by atoms with van der Waals surface area (Å²) in [4.78, 5) is 57.5. The van der Waals surface area contributed by atoms with E-state index in [0.717, 1.165) is 0 Å². The second-order valence-corrected chi connectivity index (χ2v) is 7.36. The second-order valence-electron chi connectivity index (χ2n) is 7.36. The number of hydrogen-bond donors (Lipinski definition) is 1. The van der Waals surface area contributed by atoms with Gasteiger partial charge in [-0.2, -0.15) is 0 Å². The van der Waals surface area contributed by atoms with E-state index in [0.29, 0.717) is 37.1 Å². The molecule has 2 aromatic rings. The molecular weight excluding hydrogens is 444 g/mol. The van der Waals surface area contributed by atoms with Crippen LogP contribution in [0.4, 0.5) is 4.79 Å². The van der Waals surface area contributed by atoms with Crippen LogP contribution in [-0.2, 0) is 14.3 Å². The molecule has 11 nitrogen and oxygen atoms in total. The Bertz CT molecular complexity index is 1080. The Morgan fingerprint density at radius 3 is 2.26 bits per heavy atom. The van der Waals surface area contributed by atoms with Crippen molar-refractivity contribution in [2.45, 2.75) is 13.8 Å². The predicted molar refractivity (Wildman–Crippen MR) is 122 cm³/mol. The topological polar surface area (TPSA) is 127 Å². The quantitative estimate of drug-likeness (QED) is 0.600. The second kappa shape index (κ2) is 11.3. The molecule has 0 aliphatic carbocycles. The minimum absolute atomic E-state index is 0.0230. The van der Waals surface area contributed by atoms with Gasteiger partial charge in [-0.05, 0) is 19.9 Å². The number of carbonyl (C=O) groups excluding carboxylic acids is 4. The summed E-state index contributed by atoms with van der Waals surface area (Å²) in [6.07, 6.45) is -0.408. The molecule has 1 saturated heterocycles. The Kier molecular flexibility index (Phi) is 8.23. The zero-order valence-corrected chi connectivity index (χ0v) is 19.5. The van der Waals surface area contributed by atoms with Crippen LogP contribution in [0.15, 0.2) is 24.3 Å². The van der Waals surface area contributed by atoms with Gasteiger partial charge >= 0.3 is 12.1 Å². The van der Waals surface area contributed by atoms with Crippen molar-refractivity contribution in [3.8, 4) is 5.75 Å². The number of nitrogens with one attached hydrogen (secondary N) is 1. The summed E-state index contributed by atoms with van der Waals surface area (Å²) in [6, 6.07) is 6.84. The molecule has 1 N–H and O–H groups in total. The van der Waals surface area contributed by atoms with Gasteiger partial charge in [0.05, 0.1) is 32.4 Å². The van der Waals surface area contributed by atoms with Crippen molar-refractivity contribution in [3.63, 3.8) is 0 Å². The first-order chi connectivity index (χ1) is 16.4. The van der Waals surface area contributed by atoms with E-state index in [4.69, 9.17) is 14.2 Å². The third-order valence-corrected chi connectivity index (χ3v) is 5.31. The Hall–Kier alpha value is -3.89. The SMILES string of the molecule is CCOC(=O)c1c(OC)c(C(=O)NCC(=O)N2CCN(C(=O)OCC)CC2)nc2ccccc12. The summed E-state index contributed by atoms with van der Waals surface area (Å²) in [5, 5.41) is 3.05. The molecule has 1 aliphatic heterocycles. The lowest BCUT2D eigenvalue weighted by Crippen LogP contribution is -2.52. The van der Waals surface area contributed by atoms with Crippen molar-refractivity contribution >= 4 is 34.8 Å². The van der Waals surface area contributed by atoms with E-state index >= 15 is 0 Å². The fourth-order valence-corrected chi connectivity index (χ4v) is 3.66. The predicted octanol–water partition coefficient (Wildman–Crippen LogP) is 1.45. The number of nitrogens with zero attached hydrogens (tertiary/aromatic N) is 3. The number of amides is 3. The third kappa shape index (κ3) is 5.36. The van der Waals surface area contributed by atoms with Crippen LogP contribution in [0.2, 0.25) is 0 Å². The van der Waals surface area contributed by atoms with Crippen molar-refractivity contribution in [3.05, 3.63) is 35.5 Å². The van der Waals surface area contributed by atoms with Crippen LogP contribution in [0.1, 0.15) is 34.7 Å². The summed E-state index contributed by atoms with van der Waals surface area (Å²) < 4.78 is 15.5. The Morgan fingerprint density at radius 1 is 0.971 bits per heavy atom. The lowest BCUT2D eigenvalue weighted by Gasteiger charge is -2.34. The third-order valence-electron chi connectivity index (χ3n) is 5.31. The Morgan fingerprint density at radius 2 is 1.62 bits per heavy atom. The monoisotopic (exact) mass is 472 g/mol. The van der Waals surface area contributed by atoms with Gasteiger partial charge in [0.1, 0.15) is 5.56 Å². The highest BCUT2D eigenvalue weighted by atomic mass is 16.6. The lowest BCUT2D eigenvalue weighted by atomic mass is 10.1. The maximum absolute atomic E-state index is 13.0. The largest absolute Gasteiger partial charge is 0.493 e. The number of benzene rings is 1. The minimum atomic E-state index is -0.660. The highest BCUT2D eigenvalue weighted by Gasteiger charge is 2.28. The van der Waals surface area contributed by atoms with Crippen LogP contribution < -0.4 is 10.1 Å². The van der Waals surface area contributed by atoms with Crippen LogP contribution in [-0.4, -0.2) is 91.7 Å². The minimum Gasteiger partial charge on any atom is -0.493 e. The van der Waals surface area contributed by atoms with Crippen molar-refractivity contribution in [2.75, 3.05) is 53.0 Å². The molecule has 0 spiro atoms. The molecule has 0 radical (unpaired) electrons. The number of piperazine rings is 1. The van der Waals surface area contributed by atoms with Crippen LogP contribution in [0.3, 0.4) is 0 Å². The zero-order chi connectivity index (χ0) is 24.7. The van der Waals surface area contributed by atoms with E-state index in [1.807, 2.05) is 0 Å². The summed E-state index contributed by atoms with van der Waals surface area (Å²) >= 11 is 0. The number of pyridine rings is 1. The van der Waals surface area contributed by atoms with Gasteiger partial charge < -0.3 is 29.3 Å². The average molecular weight is 472 g/mol. The molecule has 3 amide bonds. The first kappa shape index (κ1) is 24.7. The summed E-state index contributed by atoms with van der Waals surface area (Å²) in [6.45, 7) is 4.94. The van der Waals surface area contributed by atoms with E-state index in [1.165, 1.54) is 12.0 Å². The standard InChI is InChI=1S/C23H28N4O7/c1-4-33-22(30)18-15-8-6-7-9-16(15)25-19(20(18)32-3)21(29)24-14-17(28)26-10-12-27(13-11-26)23(31)34-5-2/h6-9H,4-5,10-14H2,1-3H3,(H,24,29). The number of methoxy groups -OCH3 is 1. The van der Waals surface area contributed by atoms with Crippen molar-refractivity contribution < 1.29 is 33.4 Å². The first-order valence-electron chi connectivity index (χ1n) is 11.0. The molecule has 182 valence electrons. The van der Waals surface area contributed by atoms with Gasteiger partial charge in [-0.25, -0.2) is 14.6 Å². The van der Waals surface area contributed by atoms with Crippen molar-refractivity contribution in [1.29, 1.82) is 0 Å². The highest BCUT2D eigenvalue weighted by molar-refractivity contribution is 6.10. The smallest absolute Gasteiger partial charge is 0.409 e. The molecule has 3 rings (SSSR count). The van der Waals surface area contributed by atoms with Crippen molar-refractivity contribution in [2.24, 2.45) is 0 Å². The lowest BCUT2D eigenvalue weighted by molar-refractivity contribution is -0.131. The molecular formula is C23H28N4O7. The number of para-hydroxylation sites is 1. The van der Waals surface area contributed by atoms with Gasteiger partial charge in [0.25, 0.3) is 5.91 Å². The van der Waals surface area contributed by atoms with Gasteiger partial charge in [0.15, 0.2) is 11.4 Å². The molecule has 11 heteroatoms. The molecule has 0 saturated carbocycles. The van der Waals surface area contributed by atoms with Gasteiger partial charge in [-0.15, -0.1) is 0 Å². The number of carbonyl (C=O) groups is 4. The molecule has 1 aromatic carbocycles. The van der Waals surface area contributed by atoms with Gasteiger partial charge in [0, 0.05) is 31.6 Å². The Labute approximate surface area is 196 Å². The van der Waals surface area contributed by atoms with Crippen molar-refractivity contribution in [1.82, 2.24) is 20.1 Å². The van der Waals surface area contributed by atoms with E-state index in [2.05, 4.69) is 10.3 Å². The number of aromatic nitrogens is 1. The van der Waals surface area contributed by atoms with Crippen LogP contribution >= 0.6 is 0 Å². The molecule has 0 bridgehead atoms. The molecule has 1 fully saturated rings. The fraction of sp³-hybridized carbons (Fsp3) is 0.435. The normalized spacial score (nSPS) is 13.4. The van der Waals surface area contributed by atoms with Gasteiger partial charge in [-0.1, -0.05) is 18.2 Å². The van der Waals surface area contributed by atoms with E-state index in [9.17, 15) is 19.2 Å². The van der Waals surface area contributed by atoms with Crippen LogP contribution in [0.25, 0.3) is 10.9 Å². The molecule has 1 aromatic heterocycles. The first-order valence-corrected chi connectivity index (χ1v) is 11.0. The van der Waals surface area contributed by atoms with E-state index < -0.39 is 18.0 Å². The number of hydrogen-bond acceptors (Lipinski definition) is 8. The summed E-state index contributed by atoms with van der Waals surface area (Å²) in [5.41, 5.74) is 0.392. The molecule has 34 heavy (non-hydrogen) atoms. The van der Waals surface area contributed by atoms with Gasteiger partial charge in [-0.3, -0.25) is 9.59 Å². The summed E-state index contributed by atoms with van der Waals surface area (Å²) in [7, 11) is 1.33. The van der Waals surface area contributed by atoms with Crippen LogP contribution in [0, 0.1) is 0 Å². The maximum Gasteiger partial charge on any atom is 0.409 e. The van der Waals surface area contributed by atoms with Crippen LogP contribution in [0.5, 0.6) is 5.75 Å². The number of rotatable bonds is 7. The zero-order valence-electron chi connectivity index (χ0n) is 19.5. The Balaban J connectivity index is 1.73. The summed E-state index contributed by atoms with van der Waals surface area (Å²) in [5.74, 6) is -1.62.